The summed E-state index contributed by atoms with van der Waals surface area (Å²) in [5.41, 5.74) is 1.19. The maximum Gasteiger partial charge on any atom is 0.509 e. The number of benzene rings is 1. The largest absolute Gasteiger partial charge is 0.509 e. The molecule has 5 nitrogen and oxygen atoms in total. The molecular formula is C15H16O5. The molecule has 20 heavy (non-hydrogen) atoms. The van der Waals surface area contributed by atoms with Crippen molar-refractivity contribution >= 4 is 12.1 Å². The first-order chi connectivity index (χ1) is 9.67. The molecule has 1 rings (SSSR count). The van der Waals surface area contributed by atoms with Gasteiger partial charge >= 0.3 is 12.1 Å². The van der Waals surface area contributed by atoms with Crippen LogP contribution in [0.3, 0.4) is 0 Å². The van der Waals surface area contributed by atoms with Gasteiger partial charge in [0.05, 0.1) is 18.8 Å². The average Bonchev–Trinajstić information content (AvgIpc) is 2.45. The molecule has 0 aliphatic heterocycles. The summed E-state index contributed by atoms with van der Waals surface area (Å²) in [6, 6.07) is 6.66. The molecule has 0 fully saturated rings. The van der Waals surface area contributed by atoms with E-state index in [1.54, 1.807) is 38.1 Å². The van der Waals surface area contributed by atoms with Gasteiger partial charge in [-0.15, -0.1) is 0 Å². The van der Waals surface area contributed by atoms with Crippen LogP contribution >= 0.6 is 0 Å². The molecular weight excluding hydrogens is 260 g/mol. The first-order valence-corrected chi connectivity index (χ1v) is 6.23. The predicted octanol–water partition coefficient (Wildman–Crippen LogP) is 2.39. The van der Waals surface area contributed by atoms with Crippen molar-refractivity contribution in [2.75, 3.05) is 19.8 Å². The molecule has 0 saturated carbocycles. The van der Waals surface area contributed by atoms with Crippen LogP contribution in [0.5, 0.6) is 0 Å². The van der Waals surface area contributed by atoms with Gasteiger partial charge in [0.15, 0.2) is 6.61 Å². The molecule has 0 aromatic heterocycles. The van der Waals surface area contributed by atoms with Gasteiger partial charge in [-0.2, -0.15) is 0 Å². The number of rotatable bonds is 4. The minimum atomic E-state index is -0.737. The SMILES string of the molecule is CCOC(=O)OCC#Cc1ccc(C(=O)OCC)cc1. The maximum absolute atomic E-state index is 11.4. The number of esters is 1. The Balaban J connectivity index is 2.50. The Morgan fingerprint density at radius 3 is 2.25 bits per heavy atom. The summed E-state index contributed by atoms with van der Waals surface area (Å²) in [4.78, 5) is 22.3. The van der Waals surface area contributed by atoms with E-state index in [1.165, 1.54) is 0 Å². The molecule has 0 bridgehead atoms. The van der Waals surface area contributed by atoms with E-state index in [4.69, 9.17) is 4.74 Å². The standard InChI is InChI=1S/C15H16O5/c1-3-18-14(16)13-9-7-12(8-10-13)6-5-11-20-15(17)19-4-2/h7-10H,3-4,11H2,1-2H3. The van der Waals surface area contributed by atoms with E-state index in [0.29, 0.717) is 17.7 Å². The zero-order chi connectivity index (χ0) is 14.8. The lowest BCUT2D eigenvalue weighted by atomic mass is 10.1. The monoisotopic (exact) mass is 276 g/mol. The number of ether oxygens (including phenoxy) is 3. The van der Waals surface area contributed by atoms with Crippen LogP contribution in [0.2, 0.25) is 0 Å². The minimum absolute atomic E-state index is 0.0432. The number of carbonyl (C=O) groups excluding carboxylic acids is 2. The zero-order valence-corrected chi connectivity index (χ0v) is 11.5. The Hall–Kier alpha value is -2.48. The van der Waals surface area contributed by atoms with Gasteiger partial charge in [0, 0.05) is 5.56 Å². The lowest BCUT2D eigenvalue weighted by molar-refractivity contribution is 0.0525. The lowest BCUT2D eigenvalue weighted by Gasteiger charge is -2.01. The van der Waals surface area contributed by atoms with Gasteiger partial charge in [-0.25, -0.2) is 9.59 Å². The van der Waals surface area contributed by atoms with Gasteiger partial charge in [0.25, 0.3) is 0 Å². The second-order valence-electron chi connectivity index (χ2n) is 3.57. The number of hydrogen-bond acceptors (Lipinski definition) is 5. The highest BCUT2D eigenvalue weighted by Crippen LogP contribution is 2.05. The highest BCUT2D eigenvalue weighted by molar-refractivity contribution is 5.89. The predicted molar refractivity (Wildman–Crippen MR) is 72.3 cm³/mol. The van der Waals surface area contributed by atoms with Crippen molar-refractivity contribution in [3.05, 3.63) is 35.4 Å². The third-order valence-electron chi connectivity index (χ3n) is 2.15. The van der Waals surface area contributed by atoms with Gasteiger partial charge in [-0.1, -0.05) is 11.8 Å². The van der Waals surface area contributed by atoms with E-state index in [-0.39, 0.29) is 19.2 Å². The van der Waals surface area contributed by atoms with Crippen LogP contribution in [-0.4, -0.2) is 31.9 Å². The Bertz CT molecular complexity index is 507. The van der Waals surface area contributed by atoms with Crippen molar-refractivity contribution in [1.29, 1.82) is 0 Å². The van der Waals surface area contributed by atoms with E-state index in [2.05, 4.69) is 21.3 Å². The Labute approximate surface area is 117 Å². The van der Waals surface area contributed by atoms with Crippen molar-refractivity contribution in [2.24, 2.45) is 0 Å². The smallest absolute Gasteiger partial charge is 0.462 e. The highest BCUT2D eigenvalue weighted by atomic mass is 16.7. The Morgan fingerprint density at radius 2 is 1.65 bits per heavy atom. The van der Waals surface area contributed by atoms with Gasteiger partial charge < -0.3 is 14.2 Å². The molecule has 5 heteroatoms. The van der Waals surface area contributed by atoms with Gasteiger partial charge in [-0.3, -0.25) is 0 Å². The van der Waals surface area contributed by atoms with Crippen LogP contribution in [0.4, 0.5) is 4.79 Å². The summed E-state index contributed by atoms with van der Waals surface area (Å²) in [7, 11) is 0. The lowest BCUT2D eigenvalue weighted by Crippen LogP contribution is -2.06. The first-order valence-electron chi connectivity index (χ1n) is 6.23. The van der Waals surface area contributed by atoms with Crippen LogP contribution in [0, 0.1) is 11.8 Å². The third kappa shape index (κ3) is 5.44. The normalized spacial score (nSPS) is 9.10. The molecule has 0 unspecified atom stereocenters. The van der Waals surface area contributed by atoms with Crippen LogP contribution < -0.4 is 0 Å². The summed E-state index contributed by atoms with van der Waals surface area (Å²) in [6.07, 6.45) is -0.737. The quantitative estimate of drug-likeness (QED) is 0.624. The molecule has 0 spiro atoms. The number of carbonyl (C=O) groups is 2. The summed E-state index contributed by atoms with van der Waals surface area (Å²) in [6.45, 7) is 4.00. The summed E-state index contributed by atoms with van der Waals surface area (Å²) in [5.74, 6) is 5.12. The van der Waals surface area contributed by atoms with Gasteiger partial charge in [-0.05, 0) is 38.1 Å². The minimum Gasteiger partial charge on any atom is -0.462 e. The molecule has 0 saturated heterocycles. The van der Waals surface area contributed by atoms with Crippen molar-refractivity contribution in [1.82, 2.24) is 0 Å². The molecule has 0 radical (unpaired) electrons. The van der Waals surface area contributed by atoms with E-state index in [1.807, 2.05) is 0 Å². The molecule has 0 aliphatic carbocycles. The topological polar surface area (TPSA) is 61.8 Å². The van der Waals surface area contributed by atoms with Crippen LogP contribution in [0.25, 0.3) is 0 Å². The summed E-state index contributed by atoms with van der Waals surface area (Å²) in [5, 5.41) is 0. The highest BCUT2D eigenvalue weighted by Gasteiger charge is 2.04. The third-order valence-corrected chi connectivity index (χ3v) is 2.15. The molecule has 1 aromatic carbocycles. The fourth-order valence-electron chi connectivity index (χ4n) is 1.30. The van der Waals surface area contributed by atoms with Crippen LogP contribution in [0.15, 0.2) is 24.3 Å². The van der Waals surface area contributed by atoms with E-state index < -0.39 is 6.16 Å². The first kappa shape index (κ1) is 15.6. The van der Waals surface area contributed by atoms with E-state index >= 15 is 0 Å². The fraction of sp³-hybridized carbons (Fsp3) is 0.333. The molecule has 0 N–H and O–H groups in total. The van der Waals surface area contributed by atoms with Crippen molar-refractivity contribution in [2.45, 2.75) is 13.8 Å². The van der Waals surface area contributed by atoms with E-state index in [9.17, 15) is 9.59 Å². The second-order valence-corrected chi connectivity index (χ2v) is 3.57. The molecule has 1 aromatic rings. The molecule has 0 aliphatic rings. The number of hydrogen-bond donors (Lipinski definition) is 0. The molecule has 106 valence electrons. The molecule has 0 amide bonds. The van der Waals surface area contributed by atoms with Crippen molar-refractivity contribution in [3.8, 4) is 11.8 Å². The molecule has 0 heterocycles. The Morgan fingerprint density at radius 1 is 1.00 bits per heavy atom. The zero-order valence-electron chi connectivity index (χ0n) is 11.5. The average molecular weight is 276 g/mol. The van der Waals surface area contributed by atoms with E-state index in [0.717, 1.165) is 0 Å². The van der Waals surface area contributed by atoms with Gasteiger partial charge in [0.1, 0.15) is 0 Å². The maximum atomic E-state index is 11.4. The van der Waals surface area contributed by atoms with Crippen LogP contribution in [0.1, 0.15) is 29.8 Å². The van der Waals surface area contributed by atoms with Crippen molar-refractivity contribution in [3.63, 3.8) is 0 Å². The summed E-state index contributed by atoms with van der Waals surface area (Å²) < 4.78 is 14.1. The fourth-order valence-corrected chi connectivity index (χ4v) is 1.30. The Kier molecular flexibility index (Phi) is 6.69. The second kappa shape index (κ2) is 8.59. The molecule has 0 atom stereocenters. The summed E-state index contributed by atoms with van der Waals surface area (Å²) >= 11 is 0. The van der Waals surface area contributed by atoms with Crippen LogP contribution in [-0.2, 0) is 14.2 Å². The van der Waals surface area contributed by atoms with Gasteiger partial charge in [0.2, 0.25) is 0 Å². The van der Waals surface area contributed by atoms with Crippen molar-refractivity contribution < 1.29 is 23.8 Å².